The van der Waals surface area contributed by atoms with Crippen LogP contribution in [-0.4, -0.2) is 50.0 Å². The highest BCUT2D eigenvalue weighted by Gasteiger charge is 2.19. The maximum Gasteiger partial charge on any atom is 0.335 e. The van der Waals surface area contributed by atoms with E-state index in [0.29, 0.717) is 16.7 Å². The monoisotopic (exact) mass is 277 g/mol. The molecule has 0 saturated carbocycles. The smallest absolute Gasteiger partial charge is 0.335 e. The zero-order chi connectivity index (χ0) is 14.8. The molecule has 0 saturated heterocycles. The van der Waals surface area contributed by atoms with E-state index in [4.69, 9.17) is 10.2 Å². The number of carboxylic acid groups (broad SMARTS) is 1. The minimum atomic E-state index is -1.27. The fourth-order valence-corrected chi connectivity index (χ4v) is 1.66. The fraction of sp³-hybridized carbons (Fsp3) is 0.308. The molecule has 0 bridgehead atoms. The molecule has 4 N–H and O–H groups in total. The Labute approximate surface area is 114 Å². The molecule has 20 heavy (non-hydrogen) atoms. The Morgan fingerprint density at radius 3 is 2.80 bits per heavy atom. The van der Waals surface area contributed by atoms with Crippen LogP contribution in [0.15, 0.2) is 24.5 Å². The number of carbonyl (C=O) groups is 1. The van der Waals surface area contributed by atoms with Gasteiger partial charge in [-0.3, -0.25) is 0 Å². The van der Waals surface area contributed by atoms with Crippen molar-refractivity contribution in [3.8, 4) is 0 Å². The van der Waals surface area contributed by atoms with E-state index in [1.807, 2.05) is 0 Å². The van der Waals surface area contributed by atoms with Gasteiger partial charge in [0, 0.05) is 11.9 Å². The topological polar surface area (TPSA) is 116 Å². The average Bonchev–Trinajstić information content (AvgIpc) is 2.44. The third-order valence-corrected chi connectivity index (χ3v) is 2.86. The van der Waals surface area contributed by atoms with Gasteiger partial charge in [0.25, 0.3) is 0 Å². The van der Waals surface area contributed by atoms with E-state index >= 15 is 0 Å². The number of hydrogen-bond donors (Lipinski definition) is 4. The number of anilines is 1. The van der Waals surface area contributed by atoms with Crippen molar-refractivity contribution in [2.24, 2.45) is 0 Å². The quantitative estimate of drug-likeness (QED) is 0.628. The summed E-state index contributed by atoms with van der Waals surface area (Å²) in [5, 5.41) is 31.2. The molecule has 0 aliphatic heterocycles. The summed E-state index contributed by atoms with van der Waals surface area (Å²) in [6, 6.07) is 4.52. The first-order chi connectivity index (χ1) is 9.43. The SMILES string of the molecule is CC(O)(CO)CNc1ncnc2cc(C(=O)O)ccc12. The maximum absolute atomic E-state index is 10.9. The number of rotatable bonds is 5. The van der Waals surface area contributed by atoms with Gasteiger partial charge in [-0.2, -0.15) is 0 Å². The summed E-state index contributed by atoms with van der Waals surface area (Å²) >= 11 is 0. The minimum Gasteiger partial charge on any atom is -0.478 e. The second-order valence-corrected chi connectivity index (χ2v) is 4.77. The van der Waals surface area contributed by atoms with E-state index in [9.17, 15) is 9.90 Å². The zero-order valence-electron chi connectivity index (χ0n) is 10.9. The number of aromatic nitrogens is 2. The normalized spacial score (nSPS) is 13.9. The molecule has 7 heteroatoms. The molecule has 0 aliphatic carbocycles. The molecule has 1 aromatic heterocycles. The summed E-state index contributed by atoms with van der Waals surface area (Å²) in [6.07, 6.45) is 1.31. The van der Waals surface area contributed by atoms with Gasteiger partial charge in [0.2, 0.25) is 0 Å². The van der Waals surface area contributed by atoms with E-state index in [1.54, 1.807) is 6.07 Å². The number of carboxylic acids is 1. The maximum atomic E-state index is 10.9. The van der Waals surface area contributed by atoms with Gasteiger partial charge in [0.1, 0.15) is 17.7 Å². The lowest BCUT2D eigenvalue weighted by Crippen LogP contribution is -2.37. The predicted molar refractivity (Wildman–Crippen MR) is 72.7 cm³/mol. The first-order valence-corrected chi connectivity index (χ1v) is 5.98. The number of hydrogen-bond acceptors (Lipinski definition) is 6. The molecule has 2 rings (SSSR count). The van der Waals surface area contributed by atoms with Crippen LogP contribution in [0.2, 0.25) is 0 Å². The molecule has 1 unspecified atom stereocenters. The van der Waals surface area contributed by atoms with Gasteiger partial charge in [0.05, 0.1) is 17.7 Å². The second kappa shape index (κ2) is 5.40. The third kappa shape index (κ3) is 3.01. The van der Waals surface area contributed by atoms with Crippen molar-refractivity contribution >= 4 is 22.7 Å². The number of benzene rings is 1. The Morgan fingerprint density at radius 2 is 2.15 bits per heavy atom. The lowest BCUT2D eigenvalue weighted by molar-refractivity contribution is 0.0132. The van der Waals surface area contributed by atoms with Gasteiger partial charge in [0.15, 0.2) is 0 Å². The molecule has 106 valence electrons. The van der Waals surface area contributed by atoms with Gasteiger partial charge >= 0.3 is 5.97 Å². The Kier molecular flexibility index (Phi) is 3.82. The minimum absolute atomic E-state index is 0.107. The third-order valence-electron chi connectivity index (χ3n) is 2.86. The largest absolute Gasteiger partial charge is 0.478 e. The van der Waals surface area contributed by atoms with Crippen LogP contribution in [0.4, 0.5) is 5.82 Å². The number of nitrogens with one attached hydrogen (secondary N) is 1. The summed E-state index contributed by atoms with van der Waals surface area (Å²) in [5.74, 6) is -0.552. The van der Waals surface area contributed by atoms with Gasteiger partial charge in [-0.25, -0.2) is 14.8 Å². The molecule has 1 atom stereocenters. The molecule has 0 radical (unpaired) electrons. The summed E-state index contributed by atoms with van der Waals surface area (Å²) in [7, 11) is 0. The van der Waals surface area contributed by atoms with Crippen LogP contribution < -0.4 is 5.32 Å². The standard InChI is InChI=1S/C13H15N3O4/c1-13(20,6-17)5-14-11-9-3-2-8(12(18)19)4-10(9)15-7-16-11/h2-4,7,17,20H,5-6H2,1H3,(H,18,19)(H,14,15,16). The second-order valence-electron chi connectivity index (χ2n) is 4.77. The number of nitrogens with zero attached hydrogens (tertiary/aromatic N) is 2. The fourth-order valence-electron chi connectivity index (χ4n) is 1.66. The molecular weight excluding hydrogens is 262 g/mol. The molecule has 0 amide bonds. The van der Waals surface area contributed by atoms with Crippen molar-refractivity contribution in [2.45, 2.75) is 12.5 Å². The van der Waals surface area contributed by atoms with E-state index in [-0.39, 0.29) is 18.7 Å². The van der Waals surface area contributed by atoms with E-state index in [1.165, 1.54) is 25.4 Å². The van der Waals surface area contributed by atoms with Crippen LogP contribution in [0, 0.1) is 0 Å². The molecule has 2 aromatic rings. The summed E-state index contributed by atoms with van der Waals surface area (Å²) in [4.78, 5) is 19.0. The number of fused-ring (bicyclic) bond motifs is 1. The zero-order valence-corrected chi connectivity index (χ0v) is 10.9. The van der Waals surface area contributed by atoms with Crippen molar-refractivity contribution in [3.63, 3.8) is 0 Å². The lowest BCUT2D eigenvalue weighted by atomic mass is 10.1. The van der Waals surface area contributed by atoms with Crippen molar-refractivity contribution in [3.05, 3.63) is 30.1 Å². The number of aromatic carboxylic acids is 1. The molecular formula is C13H15N3O4. The first kappa shape index (κ1) is 14.2. The summed E-state index contributed by atoms with van der Waals surface area (Å²) in [5.41, 5.74) is -0.631. The van der Waals surface area contributed by atoms with Crippen LogP contribution in [0.25, 0.3) is 10.9 Å². The molecule has 0 aliphatic rings. The molecule has 1 heterocycles. The van der Waals surface area contributed by atoms with Gasteiger partial charge in [-0.15, -0.1) is 0 Å². The highest BCUT2D eigenvalue weighted by molar-refractivity contribution is 5.96. The molecule has 0 spiro atoms. The van der Waals surface area contributed by atoms with Crippen LogP contribution in [0.5, 0.6) is 0 Å². The highest BCUT2D eigenvalue weighted by atomic mass is 16.4. The van der Waals surface area contributed by atoms with E-state index in [2.05, 4.69) is 15.3 Å². The Morgan fingerprint density at radius 1 is 1.40 bits per heavy atom. The van der Waals surface area contributed by atoms with Crippen molar-refractivity contribution in [1.29, 1.82) is 0 Å². The Bertz CT molecular complexity index is 643. The van der Waals surface area contributed by atoms with Crippen molar-refractivity contribution in [2.75, 3.05) is 18.5 Å². The Hall–Kier alpha value is -2.25. The summed E-state index contributed by atoms with van der Waals surface area (Å²) in [6.45, 7) is 1.22. The molecule has 0 fully saturated rings. The van der Waals surface area contributed by atoms with Crippen molar-refractivity contribution < 1.29 is 20.1 Å². The average molecular weight is 277 g/mol. The predicted octanol–water partition coefficient (Wildman–Crippen LogP) is 0.483. The van der Waals surface area contributed by atoms with Crippen LogP contribution in [-0.2, 0) is 0 Å². The highest BCUT2D eigenvalue weighted by Crippen LogP contribution is 2.21. The van der Waals surface area contributed by atoms with Gasteiger partial charge in [-0.1, -0.05) is 0 Å². The van der Waals surface area contributed by atoms with Gasteiger partial charge in [-0.05, 0) is 25.1 Å². The van der Waals surface area contributed by atoms with E-state index in [0.717, 1.165) is 0 Å². The first-order valence-electron chi connectivity index (χ1n) is 5.98. The van der Waals surface area contributed by atoms with Gasteiger partial charge < -0.3 is 20.6 Å². The lowest BCUT2D eigenvalue weighted by Gasteiger charge is -2.21. The van der Waals surface area contributed by atoms with Crippen molar-refractivity contribution in [1.82, 2.24) is 9.97 Å². The number of aliphatic hydroxyl groups is 2. The van der Waals surface area contributed by atoms with E-state index < -0.39 is 11.6 Å². The molecule has 1 aromatic carbocycles. The number of aliphatic hydroxyl groups excluding tert-OH is 1. The summed E-state index contributed by atoms with van der Waals surface area (Å²) < 4.78 is 0. The van der Waals surface area contributed by atoms with Crippen LogP contribution in [0.3, 0.4) is 0 Å². The van der Waals surface area contributed by atoms with Crippen LogP contribution in [0.1, 0.15) is 17.3 Å². The Balaban J connectivity index is 2.33. The molecule has 7 nitrogen and oxygen atoms in total. The van der Waals surface area contributed by atoms with Crippen LogP contribution >= 0.6 is 0 Å².